The Morgan fingerprint density at radius 2 is 1.94 bits per heavy atom. The summed E-state index contributed by atoms with van der Waals surface area (Å²) in [6.07, 6.45) is 3.28. The van der Waals surface area contributed by atoms with Crippen LogP contribution in [0.2, 0.25) is 0 Å². The summed E-state index contributed by atoms with van der Waals surface area (Å²) in [6, 6.07) is 15.2. The summed E-state index contributed by atoms with van der Waals surface area (Å²) in [5.74, 6) is -1.27. The van der Waals surface area contributed by atoms with E-state index in [1.807, 2.05) is 51.1 Å². The smallest absolute Gasteiger partial charge is 0.295 e. The molecule has 0 radical (unpaired) electrons. The number of Topliss-reactive ketones (excluding diaryl/α,β-unsaturated/α-hetero) is 1. The van der Waals surface area contributed by atoms with Crippen LogP contribution in [-0.4, -0.2) is 27.7 Å². The average Bonchev–Trinajstić information content (AvgIpc) is 3.05. The molecular weight excluding hydrogens is 496 g/mol. The Hall–Kier alpha value is -3.45. The van der Waals surface area contributed by atoms with E-state index in [2.05, 4.69) is 20.9 Å². The van der Waals surface area contributed by atoms with Crippen LogP contribution in [0.4, 0.5) is 0 Å². The van der Waals surface area contributed by atoms with Gasteiger partial charge in [-0.25, -0.2) is 0 Å². The highest BCUT2D eigenvalue weighted by Gasteiger charge is 2.44. The van der Waals surface area contributed by atoms with E-state index in [9.17, 15) is 14.7 Å². The summed E-state index contributed by atoms with van der Waals surface area (Å²) in [4.78, 5) is 31.9. The van der Waals surface area contributed by atoms with Gasteiger partial charge in [-0.1, -0.05) is 46.0 Å². The predicted octanol–water partition coefficient (Wildman–Crippen LogP) is 4.36. The van der Waals surface area contributed by atoms with Gasteiger partial charge in [0.05, 0.1) is 12.1 Å². The maximum atomic E-state index is 13.7. The summed E-state index contributed by atoms with van der Waals surface area (Å²) in [7, 11) is 0. The standard InChI is InChI=1S/C27H25BrN2O4/c1-16(2)34-22-10-9-20(12-17(22)3)25(31)23-24(19-7-4-8-21(28)13-19)30(27(33)26(23)32)15-18-6-5-11-29-14-18/h4-14,16,24,31H,15H2,1-3H3/p-1. The Balaban J connectivity index is 1.83. The van der Waals surface area contributed by atoms with Crippen LogP contribution in [0.1, 0.15) is 42.1 Å². The normalized spacial score (nSPS) is 17.4. The molecule has 6 nitrogen and oxygen atoms in total. The van der Waals surface area contributed by atoms with Gasteiger partial charge in [-0.3, -0.25) is 14.6 Å². The molecular formula is C27H24BrN2O4-. The fourth-order valence-electron chi connectivity index (χ4n) is 4.08. The third kappa shape index (κ3) is 4.75. The van der Waals surface area contributed by atoms with Crippen molar-refractivity contribution >= 4 is 33.4 Å². The van der Waals surface area contributed by atoms with E-state index in [0.717, 1.165) is 15.6 Å². The van der Waals surface area contributed by atoms with Gasteiger partial charge in [-0.2, -0.15) is 0 Å². The number of likely N-dealkylation sites (tertiary alicyclic amines) is 1. The zero-order chi connectivity index (χ0) is 24.4. The minimum Gasteiger partial charge on any atom is -0.872 e. The molecule has 2 aromatic carbocycles. The number of ketones is 1. The number of hydrogen-bond acceptors (Lipinski definition) is 5. The van der Waals surface area contributed by atoms with Crippen LogP contribution in [-0.2, 0) is 16.1 Å². The molecule has 0 spiro atoms. The molecule has 1 aliphatic rings. The Labute approximate surface area is 207 Å². The number of pyridine rings is 1. The SMILES string of the molecule is Cc1cc(C([O-])=C2C(=O)C(=O)N(Cc3cccnc3)C2c2cccc(Br)c2)ccc1OC(C)C. The zero-order valence-corrected chi connectivity index (χ0v) is 20.7. The van der Waals surface area contributed by atoms with Crippen LogP contribution >= 0.6 is 15.9 Å². The van der Waals surface area contributed by atoms with Gasteiger partial charge in [0.1, 0.15) is 5.75 Å². The molecule has 174 valence electrons. The molecule has 4 rings (SSSR count). The van der Waals surface area contributed by atoms with E-state index < -0.39 is 23.5 Å². The molecule has 0 bridgehead atoms. The third-order valence-corrected chi connectivity index (χ3v) is 6.06. The fourth-order valence-corrected chi connectivity index (χ4v) is 4.49. The van der Waals surface area contributed by atoms with Crippen molar-refractivity contribution in [3.05, 3.63) is 99.3 Å². The lowest BCUT2D eigenvalue weighted by molar-refractivity contribution is -0.245. The maximum Gasteiger partial charge on any atom is 0.295 e. The highest BCUT2D eigenvalue weighted by molar-refractivity contribution is 9.10. The van der Waals surface area contributed by atoms with Gasteiger partial charge < -0.3 is 14.7 Å². The average molecular weight is 520 g/mol. The van der Waals surface area contributed by atoms with Crippen molar-refractivity contribution in [2.75, 3.05) is 0 Å². The van der Waals surface area contributed by atoms with E-state index in [-0.39, 0.29) is 18.2 Å². The van der Waals surface area contributed by atoms with Crippen molar-refractivity contribution in [1.82, 2.24) is 9.88 Å². The summed E-state index contributed by atoms with van der Waals surface area (Å²) in [6.45, 7) is 5.86. The minimum absolute atomic E-state index is 0.00870. The number of halogens is 1. The number of ether oxygens (including phenoxy) is 1. The molecule has 0 aliphatic carbocycles. The second-order valence-corrected chi connectivity index (χ2v) is 9.39. The highest BCUT2D eigenvalue weighted by atomic mass is 79.9. The first-order chi connectivity index (χ1) is 16.3. The molecule has 1 amide bonds. The number of amides is 1. The molecule has 34 heavy (non-hydrogen) atoms. The zero-order valence-electron chi connectivity index (χ0n) is 19.1. The predicted molar refractivity (Wildman–Crippen MR) is 131 cm³/mol. The number of carbonyl (C=O) groups excluding carboxylic acids is 2. The summed E-state index contributed by atoms with van der Waals surface area (Å²) in [5, 5.41) is 13.7. The monoisotopic (exact) mass is 519 g/mol. The highest BCUT2D eigenvalue weighted by Crippen LogP contribution is 2.40. The Bertz CT molecular complexity index is 1270. The molecule has 2 heterocycles. The van der Waals surface area contributed by atoms with Crippen LogP contribution in [0, 0.1) is 6.92 Å². The second-order valence-electron chi connectivity index (χ2n) is 8.47. The molecule has 7 heteroatoms. The van der Waals surface area contributed by atoms with E-state index in [1.54, 1.807) is 36.7 Å². The van der Waals surface area contributed by atoms with E-state index >= 15 is 0 Å². The lowest BCUT2D eigenvalue weighted by atomic mass is 9.94. The first-order valence-corrected chi connectivity index (χ1v) is 11.7. The maximum absolute atomic E-state index is 13.7. The lowest BCUT2D eigenvalue weighted by Crippen LogP contribution is -2.29. The largest absolute Gasteiger partial charge is 0.872 e. The Morgan fingerprint density at radius 1 is 1.15 bits per heavy atom. The van der Waals surface area contributed by atoms with Crippen LogP contribution in [0.5, 0.6) is 5.75 Å². The van der Waals surface area contributed by atoms with E-state index in [1.165, 1.54) is 4.90 Å². The number of nitrogens with zero attached hydrogens (tertiary/aromatic N) is 2. The molecule has 1 aliphatic heterocycles. The molecule has 1 saturated heterocycles. The van der Waals surface area contributed by atoms with Gasteiger partial charge in [0, 0.05) is 29.0 Å². The molecule has 1 unspecified atom stereocenters. The lowest BCUT2D eigenvalue weighted by Gasteiger charge is -2.28. The van der Waals surface area contributed by atoms with Crippen LogP contribution in [0.3, 0.4) is 0 Å². The van der Waals surface area contributed by atoms with Gasteiger partial charge in [0.25, 0.3) is 5.91 Å². The quantitative estimate of drug-likeness (QED) is 0.274. The van der Waals surface area contributed by atoms with Gasteiger partial charge in [-0.15, -0.1) is 0 Å². The third-order valence-electron chi connectivity index (χ3n) is 5.57. The van der Waals surface area contributed by atoms with Crippen LogP contribution < -0.4 is 9.84 Å². The number of aromatic nitrogens is 1. The Morgan fingerprint density at radius 3 is 2.59 bits per heavy atom. The van der Waals surface area contributed by atoms with Crippen molar-refractivity contribution in [2.24, 2.45) is 0 Å². The van der Waals surface area contributed by atoms with Gasteiger partial charge in [0.15, 0.2) is 0 Å². The van der Waals surface area contributed by atoms with Crippen molar-refractivity contribution in [3.8, 4) is 5.75 Å². The van der Waals surface area contributed by atoms with Gasteiger partial charge >= 0.3 is 0 Å². The number of aryl methyl sites for hydroxylation is 1. The molecule has 3 aromatic rings. The fraction of sp³-hybridized carbons (Fsp3) is 0.222. The van der Waals surface area contributed by atoms with Crippen molar-refractivity contribution in [3.63, 3.8) is 0 Å². The Kier molecular flexibility index (Phi) is 6.84. The number of rotatable bonds is 6. The first-order valence-electron chi connectivity index (χ1n) is 10.9. The number of benzene rings is 2. The minimum atomic E-state index is -0.808. The van der Waals surface area contributed by atoms with E-state index in [4.69, 9.17) is 4.74 Å². The van der Waals surface area contributed by atoms with Gasteiger partial charge in [0.2, 0.25) is 5.78 Å². The summed E-state index contributed by atoms with van der Waals surface area (Å²) in [5.41, 5.74) is 2.51. The van der Waals surface area contributed by atoms with E-state index in [0.29, 0.717) is 16.9 Å². The molecule has 1 fully saturated rings. The van der Waals surface area contributed by atoms with Crippen molar-refractivity contribution in [1.29, 1.82) is 0 Å². The summed E-state index contributed by atoms with van der Waals surface area (Å²) < 4.78 is 6.56. The van der Waals surface area contributed by atoms with Crippen LogP contribution in [0.15, 0.2) is 77.0 Å². The van der Waals surface area contributed by atoms with Gasteiger partial charge in [-0.05, 0) is 73.4 Å². The molecule has 1 atom stereocenters. The second kappa shape index (κ2) is 9.81. The number of hydrogen-bond donors (Lipinski definition) is 0. The van der Waals surface area contributed by atoms with Crippen molar-refractivity contribution in [2.45, 2.75) is 39.5 Å². The number of carbonyl (C=O) groups is 2. The topological polar surface area (TPSA) is 82.6 Å². The van der Waals surface area contributed by atoms with Crippen LogP contribution in [0.25, 0.3) is 5.76 Å². The molecule has 0 N–H and O–H groups in total. The first kappa shape index (κ1) is 23.7. The molecule has 0 saturated carbocycles. The summed E-state index contributed by atoms with van der Waals surface area (Å²) >= 11 is 3.46. The van der Waals surface area contributed by atoms with Crippen molar-refractivity contribution < 1.29 is 19.4 Å². The molecule has 1 aromatic heterocycles.